The molecule has 0 saturated heterocycles. The van der Waals surface area contributed by atoms with Gasteiger partial charge in [0.15, 0.2) is 0 Å². The lowest BCUT2D eigenvalue weighted by Crippen LogP contribution is -2.15. The summed E-state index contributed by atoms with van der Waals surface area (Å²) in [6.45, 7) is 6.43. The Balaban J connectivity index is 1.43. The number of aryl methyl sites for hydroxylation is 2. The van der Waals surface area contributed by atoms with Crippen molar-refractivity contribution < 1.29 is 4.39 Å². The van der Waals surface area contributed by atoms with Crippen molar-refractivity contribution >= 4 is 0 Å². The zero-order valence-corrected chi connectivity index (χ0v) is 19.8. The Morgan fingerprint density at radius 2 is 1.33 bits per heavy atom. The second-order valence-electron chi connectivity index (χ2n) is 9.53. The quantitative estimate of drug-likeness (QED) is 0.364. The lowest BCUT2D eigenvalue weighted by molar-refractivity contribution is 0.287. The second kappa shape index (κ2) is 10.6. The standard InChI is InChI=1S/C32H31F/c1-23-4-8-26(9-5-23)12-13-27-14-17-30(25(3)20-27)18-15-29-16-19-31(32(33)22-29)21-28-10-6-24(2)7-11-28/h4-5,8-9,14,16-17,19-20,22,24,28H,6-7,10-11,21H2,1-3H3. The highest BCUT2D eigenvalue weighted by atomic mass is 19.1. The Labute approximate surface area is 198 Å². The first kappa shape index (κ1) is 22.9. The summed E-state index contributed by atoms with van der Waals surface area (Å²) in [4.78, 5) is 0. The second-order valence-corrected chi connectivity index (χ2v) is 9.53. The fourth-order valence-electron chi connectivity index (χ4n) is 4.44. The van der Waals surface area contributed by atoms with Gasteiger partial charge in [-0.15, -0.1) is 0 Å². The molecule has 1 heteroatoms. The SMILES string of the molecule is Cc1ccc(C#Cc2ccc(C#Cc3ccc(CC4CCC(C)CC4)c(F)c3)c(C)c2)cc1. The van der Waals surface area contributed by atoms with Crippen LogP contribution in [0.25, 0.3) is 0 Å². The first-order valence-corrected chi connectivity index (χ1v) is 12.0. The molecule has 33 heavy (non-hydrogen) atoms. The van der Waals surface area contributed by atoms with Crippen molar-refractivity contribution in [2.75, 3.05) is 0 Å². The molecule has 0 amide bonds. The third-order valence-corrected chi connectivity index (χ3v) is 6.67. The largest absolute Gasteiger partial charge is 0.207 e. The van der Waals surface area contributed by atoms with Crippen LogP contribution in [0.3, 0.4) is 0 Å². The van der Waals surface area contributed by atoms with Gasteiger partial charge >= 0.3 is 0 Å². The maximum Gasteiger partial charge on any atom is 0.127 e. The molecule has 4 rings (SSSR count). The zero-order chi connectivity index (χ0) is 23.2. The predicted octanol–water partition coefficient (Wildman–Crippen LogP) is 7.61. The van der Waals surface area contributed by atoms with E-state index in [-0.39, 0.29) is 5.82 Å². The van der Waals surface area contributed by atoms with Crippen molar-refractivity contribution in [2.24, 2.45) is 11.8 Å². The Morgan fingerprint density at radius 3 is 2.03 bits per heavy atom. The van der Waals surface area contributed by atoms with Crippen LogP contribution in [0, 0.1) is 55.2 Å². The summed E-state index contributed by atoms with van der Waals surface area (Å²) in [6, 6.07) is 19.7. The van der Waals surface area contributed by atoms with E-state index in [1.807, 2.05) is 43.3 Å². The van der Waals surface area contributed by atoms with Gasteiger partial charge < -0.3 is 0 Å². The maximum atomic E-state index is 14.7. The molecule has 166 valence electrons. The first-order valence-electron chi connectivity index (χ1n) is 12.0. The summed E-state index contributed by atoms with van der Waals surface area (Å²) in [7, 11) is 0. The molecule has 0 nitrogen and oxygen atoms in total. The molecule has 3 aromatic carbocycles. The molecule has 1 aliphatic rings. The van der Waals surface area contributed by atoms with Crippen LogP contribution in [-0.2, 0) is 6.42 Å². The van der Waals surface area contributed by atoms with Gasteiger partial charge in [-0.25, -0.2) is 4.39 Å². The van der Waals surface area contributed by atoms with Crippen LogP contribution in [0.2, 0.25) is 0 Å². The van der Waals surface area contributed by atoms with Gasteiger partial charge in [0.05, 0.1) is 0 Å². The molecule has 0 bridgehead atoms. The highest BCUT2D eigenvalue weighted by molar-refractivity contribution is 5.51. The smallest absolute Gasteiger partial charge is 0.127 e. The van der Waals surface area contributed by atoms with E-state index in [4.69, 9.17) is 0 Å². The molecule has 0 radical (unpaired) electrons. The lowest BCUT2D eigenvalue weighted by Gasteiger charge is -2.26. The minimum Gasteiger partial charge on any atom is -0.207 e. The summed E-state index contributed by atoms with van der Waals surface area (Å²) in [5.41, 5.74) is 6.76. The average molecular weight is 435 g/mol. The van der Waals surface area contributed by atoms with Gasteiger partial charge in [0.25, 0.3) is 0 Å². The van der Waals surface area contributed by atoms with Gasteiger partial charge in [-0.1, -0.05) is 67.2 Å². The third-order valence-electron chi connectivity index (χ3n) is 6.67. The van der Waals surface area contributed by atoms with Gasteiger partial charge in [0.2, 0.25) is 0 Å². The molecule has 0 aromatic heterocycles. The fraction of sp³-hybridized carbons (Fsp3) is 0.312. The molecular weight excluding hydrogens is 403 g/mol. The van der Waals surface area contributed by atoms with E-state index in [2.05, 4.69) is 55.7 Å². The highest BCUT2D eigenvalue weighted by Gasteiger charge is 2.19. The van der Waals surface area contributed by atoms with Gasteiger partial charge in [-0.05, 0) is 98.5 Å². The van der Waals surface area contributed by atoms with Crippen molar-refractivity contribution in [1.82, 2.24) is 0 Å². The molecule has 0 aliphatic heterocycles. The predicted molar refractivity (Wildman–Crippen MR) is 136 cm³/mol. The summed E-state index contributed by atoms with van der Waals surface area (Å²) in [5, 5.41) is 0. The molecular formula is C32H31F. The summed E-state index contributed by atoms with van der Waals surface area (Å²) in [6.07, 6.45) is 5.81. The molecule has 0 atom stereocenters. The van der Waals surface area contributed by atoms with Gasteiger partial charge in [0.1, 0.15) is 5.82 Å². The molecule has 1 aliphatic carbocycles. The molecule has 0 spiro atoms. The summed E-state index contributed by atoms with van der Waals surface area (Å²) < 4.78 is 14.7. The van der Waals surface area contributed by atoms with Crippen LogP contribution in [0.5, 0.6) is 0 Å². The number of halogens is 1. The van der Waals surface area contributed by atoms with Crippen molar-refractivity contribution in [3.63, 3.8) is 0 Å². The van der Waals surface area contributed by atoms with Crippen molar-refractivity contribution in [3.05, 3.63) is 105 Å². The summed E-state index contributed by atoms with van der Waals surface area (Å²) >= 11 is 0. The Bertz CT molecular complexity index is 1230. The zero-order valence-electron chi connectivity index (χ0n) is 19.8. The van der Waals surface area contributed by atoms with E-state index in [9.17, 15) is 4.39 Å². The van der Waals surface area contributed by atoms with Crippen molar-refractivity contribution in [3.8, 4) is 23.7 Å². The monoisotopic (exact) mass is 434 g/mol. The molecule has 0 N–H and O–H groups in total. The molecule has 1 saturated carbocycles. The van der Waals surface area contributed by atoms with Gasteiger partial charge in [-0.3, -0.25) is 0 Å². The Kier molecular flexibility index (Phi) is 7.32. The third kappa shape index (κ3) is 6.37. The maximum absolute atomic E-state index is 14.7. The average Bonchev–Trinajstić information content (AvgIpc) is 2.81. The van der Waals surface area contributed by atoms with E-state index >= 15 is 0 Å². The van der Waals surface area contributed by atoms with Crippen molar-refractivity contribution in [1.29, 1.82) is 0 Å². The Hall–Kier alpha value is -3.29. The van der Waals surface area contributed by atoms with Crippen LogP contribution in [0.15, 0.2) is 60.7 Å². The fourth-order valence-corrected chi connectivity index (χ4v) is 4.44. The molecule has 3 aromatic rings. The van der Waals surface area contributed by atoms with E-state index in [0.29, 0.717) is 5.92 Å². The van der Waals surface area contributed by atoms with E-state index in [1.165, 1.54) is 31.2 Å². The highest BCUT2D eigenvalue weighted by Crippen LogP contribution is 2.31. The minimum atomic E-state index is -0.126. The first-order chi connectivity index (χ1) is 16.0. The van der Waals surface area contributed by atoms with Gasteiger partial charge in [-0.2, -0.15) is 0 Å². The number of hydrogen-bond acceptors (Lipinski definition) is 0. The topological polar surface area (TPSA) is 0 Å². The number of rotatable bonds is 2. The number of hydrogen-bond donors (Lipinski definition) is 0. The van der Waals surface area contributed by atoms with Crippen molar-refractivity contribution in [2.45, 2.75) is 52.9 Å². The lowest BCUT2D eigenvalue weighted by atomic mass is 9.80. The van der Waals surface area contributed by atoms with Crippen LogP contribution in [-0.4, -0.2) is 0 Å². The van der Waals surface area contributed by atoms with E-state index in [1.54, 1.807) is 6.07 Å². The van der Waals surface area contributed by atoms with Crippen LogP contribution in [0.4, 0.5) is 4.39 Å². The summed E-state index contributed by atoms with van der Waals surface area (Å²) in [5.74, 6) is 14.1. The van der Waals surface area contributed by atoms with Crippen LogP contribution < -0.4 is 0 Å². The molecule has 1 fully saturated rings. The number of benzene rings is 3. The molecule has 0 unspecified atom stereocenters. The van der Waals surface area contributed by atoms with Crippen LogP contribution in [0.1, 0.15) is 71.6 Å². The van der Waals surface area contributed by atoms with E-state index in [0.717, 1.165) is 45.7 Å². The Morgan fingerprint density at radius 1 is 0.727 bits per heavy atom. The normalized spacial score (nSPS) is 17.5. The van der Waals surface area contributed by atoms with Gasteiger partial charge in [0, 0.05) is 22.3 Å². The van der Waals surface area contributed by atoms with Crippen LogP contribution >= 0.6 is 0 Å². The van der Waals surface area contributed by atoms with E-state index < -0.39 is 0 Å². The minimum absolute atomic E-state index is 0.126. The molecule has 0 heterocycles.